The third kappa shape index (κ3) is 8.45. The number of carbonyl (C=O) groups excluding carboxylic acids is 4. The summed E-state index contributed by atoms with van der Waals surface area (Å²) in [6.45, 7) is 6.80. The van der Waals surface area contributed by atoms with Gasteiger partial charge in [0.1, 0.15) is 34.7 Å². The summed E-state index contributed by atoms with van der Waals surface area (Å²) in [5, 5.41) is 26.6. The Labute approximate surface area is 352 Å². The molecular weight excluding hydrogens is 777 g/mol. The van der Waals surface area contributed by atoms with E-state index in [1.807, 2.05) is 12.1 Å². The Morgan fingerprint density at radius 3 is 2.48 bits per heavy atom. The van der Waals surface area contributed by atoms with Crippen molar-refractivity contribution in [1.82, 2.24) is 45.4 Å². The van der Waals surface area contributed by atoms with Gasteiger partial charge in [-0.05, 0) is 104 Å². The third-order valence-corrected chi connectivity index (χ3v) is 12.8. The summed E-state index contributed by atoms with van der Waals surface area (Å²) in [7, 11) is 1.55. The smallest absolute Gasteiger partial charge is 0.274 e. The van der Waals surface area contributed by atoms with Gasteiger partial charge in [0.05, 0.1) is 41.6 Å². The molecule has 4 aliphatic heterocycles. The number of benzene rings is 2. The number of aromatic nitrogens is 6. The molecule has 1 atom stereocenters. The van der Waals surface area contributed by atoms with E-state index in [1.165, 1.54) is 10.9 Å². The van der Waals surface area contributed by atoms with Gasteiger partial charge in [-0.15, -0.1) is 5.10 Å². The predicted molar refractivity (Wildman–Crippen MR) is 229 cm³/mol. The molecule has 17 nitrogen and oxygen atoms in total. The SMILES string of the molecule is COc1cc(N2CCC(CN3CCC(n4cc5cc(NC(=O)c6cccc7nnnn67)c(N6CCCCC6)cc5n4)CC3)CC2)ccc1C(=O)N[C@H]1CCC(=C=O)NC1=C=O. The van der Waals surface area contributed by atoms with Crippen LogP contribution in [0.15, 0.2) is 66.1 Å². The number of likely N-dealkylation sites (tertiary alicyclic amines) is 1. The number of hydrogen-bond acceptors (Lipinski definition) is 13. The number of amides is 2. The average Bonchev–Trinajstić information content (AvgIpc) is 3.97. The molecule has 4 aliphatic rings. The zero-order valence-corrected chi connectivity index (χ0v) is 34.3. The molecule has 2 amide bonds. The van der Waals surface area contributed by atoms with E-state index in [4.69, 9.17) is 9.84 Å². The number of tetrazole rings is 1. The van der Waals surface area contributed by atoms with Gasteiger partial charge in [-0.3, -0.25) is 14.3 Å². The number of anilines is 3. The summed E-state index contributed by atoms with van der Waals surface area (Å²) in [6, 6.07) is 14.8. The summed E-state index contributed by atoms with van der Waals surface area (Å²) >= 11 is 0. The van der Waals surface area contributed by atoms with Crippen LogP contribution in [0.1, 0.15) is 84.7 Å². The molecule has 3 N–H and O–H groups in total. The third-order valence-electron chi connectivity index (χ3n) is 12.8. The summed E-state index contributed by atoms with van der Waals surface area (Å²) in [6.07, 6.45) is 10.5. The van der Waals surface area contributed by atoms with Crippen molar-refractivity contribution >= 4 is 57.3 Å². The Bertz CT molecular complexity index is 2530. The lowest BCUT2D eigenvalue weighted by Crippen LogP contribution is -2.43. The molecular formula is C44H50N12O5. The molecule has 0 aliphatic carbocycles. The van der Waals surface area contributed by atoms with Crippen LogP contribution in [0.3, 0.4) is 0 Å². The Hall–Kier alpha value is -6.54. The highest BCUT2D eigenvalue weighted by Crippen LogP contribution is 2.35. The van der Waals surface area contributed by atoms with Crippen molar-refractivity contribution in [3.63, 3.8) is 0 Å². The van der Waals surface area contributed by atoms with Crippen LogP contribution in [0.4, 0.5) is 17.1 Å². The molecule has 0 radical (unpaired) electrons. The summed E-state index contributed by atoms with van der Waals surface area (Å²) in [4.78, 5) is 56.7. The van der Waals surface area contributed by atoms with Crippen LogP contribution in [0.2, 0.25) is 0 Å². The second-order valence-electron chi connectivity index (χ2n) is 16.5. The molecule has 4 saturated heterocycles. The van der Waals surface area contributed by atoms with Gasteiger partial charge in [-0.1, -0.05) is 6.07 Å². The number of rotatable bonds is 10. The number of ether oxygens (including phenoxy) is 1. The highest BCUT2D eigenvalue weighted by Gasteiger charge is 2.29. The number of allylic oxidation sites excluding steroid dienone is 1. The van der Waals surface area contributed by atoms with Crippen LogP contribution < -0.4 is 30.5 Å². The van der Waals surface area contributed by atoms with E-state index in [-0.39, 0.29) is 23.2 Å². The zero-order chi connectivity index (χ0) is 41.9. The summed E-state index contributed by atoms with van der Waals surface area (Å²) < 4.78 is 9.25. The van der Waals surface area contributed by atoms with Gasteiger partial charge in [0.15, 0.2) is 5.65 Å². The average molecular weight is 827 g/mol. The lowest BCUT2D eigenvalue weighted by molar-refractivity contribution is 0.0935. The van der Waals surface area contributed by atoms with Crippen LogP contribution >= 0.6 is 0 Å². The first kappa shape index (κ1) is 39.9. The van der Waals surface area contributed by atoms with Crippen molar-refractivity contribution in [2.45, 2.75) is 69.9 Å². The molecule has 0 spiro atoms. The first-order valence-electron chi connectivity index (χ1n) is 21.4. The second kappa shape index (κ2) is 17.6. The van der Waals surface area contributed by atoms with Gasteiger partial charge in [0.2, 0.25) is 0 Å². The number of pyridine rings is 1. The van der Waals surface area contributed by atoms with Crippen molar-refractivity contribution in [3.05, 3.63) is 77.4 Å². The van der Waals surface area contributed by atoms with Crippen LogP contribution in [0, 0.1) is 5.92 Å². The standard InChI is InChI=1S/C44H50N12O5/c1-61-41-23-33(9-10-34(41)43(59)46-35-11-8-31(27-57)45-38(35)28-58)53-20-12-29(13-21-53)25-52-18-14-32(15-19-52)55-26-30-22-37(40(24-36(30)49-55)54-16-3-2-4-17-54)47-44(60)39-6-5-7-42-48-50-51-56(39)42/h5-7,9-10,22-24,26,29,32,35,45H,2-4,8,11-21,25H2,1H3,(H,46,59)(H,47,60)/t35-/m0/s1. The van der Waals surface area contributed by atoms with Gasteiger partial charge in [0, 0.05) is 75.6 Å². The summed E-state index contributed by atoms with van der Waals surface area (Å²) in [5.74, 6) is 4.01. The molecule has 316 valence electrons. The maximum absolute atomic E-state index is 13.6. The number of hydrogen-bond donors (Lipinski definition) is 3. The van der Waals surface area contributed by atoms with Gasteiger partial charge >= 0.3 is 0 Å². The van der Waals surface area contributed by atoms with Gasteiger partial charge in [-0.2, -0.15) is 9.61 Å². The van der Waals surface area contributed by atoms with E-state index in [0.717, 1.165) is 112 Å². The van der Waals surface area contributed by atoms with E-state index >= 15 is 0 Å². The number of fused-ring (bicyclic) bond motifs is 2. The number of piperidine rings is 4. The molecule has 0 bridgehead atoms. The monoisotopic (exact) mass is 826 g/mol. The quantitative estimate of drug-likeness (QED) is 0.171. The highest BCUT2D eigenvalue weighted by molar-refractivity contribution is 6.07. The first-order chi connectivity index (χ1) is 29.9. The maximum atomic E-state index is 13.6. The van der Waals surface area contributed by atoms with E-state index < -0.39 is 6.04 Å². The predicted octanol–water partition coefficient (Wildman–Crippen LogP) is 4.19. The molecule has 17 heteroatoms. The topological polar surface area (TPSA) is 184 Å². The molecule has 9 rings (SSSR count). The van der Waals surface area contributed by atoms with Crippen LogP contribution in [0.5, 0.6) is 5.75 Å². The minimum Gasteiger partial charge on any atom is -0.496 e. The van der Waals surface area contributed by atoms with E-state index in [1.54, 1.807) is 43.3 Å². The summed E-state index contributed by atoms with van der Waals surface area (Å²) in [5.41, 5.74) is 5.35. The van der Waals surface area contributed by atoms with Crippen LogP contribution in [-0.2, 0) is 9.59 Å². The van der Waals surface area contributed by atoms with Crippen LogP contribution in [0.25, 0.3) is 16.6 Å². The fourth-order valence-electron chi connectivity index (χ4n) is 9.36. The van der Waals surface area contributed by atoms with Crippen molar-refractivity contribution in [2.24, 2.45) is 5.92 Å². The molecule has 5 aromatic rings. The fraction of sp³-hybridized carbons (Fsp3) is 0.455. The maximum Gasteiger partial charge on any atom is 0.274 e. The number of methoxy groups -OCH3 is 1. The molecule has 61 heavy (non-hydrogen) atoms. The lowest BCUT2D eigenvalue weighted by Gasteiger charge is -2.38. The van der Waals surface area contributed by atoms with Gasteiger partial charge < -0.3 is 35.4 Å². The molecule has 3 aromatic heterocycles. The van der Waals surface area contributed by atoms with E-state index in [2.05, 4.69) is 69.2 Å². The largest absolute Gasteiger partial charge is 0.496 e. The Morgan fingerprint density at radius 1 is 0.885 bits per heavy atom. The van der Waals surface area contributed by atoms with E-state index in [9.17, 15) is 19.2 Å². The number of nitrogens with zero attached hydrogens (tertiary/aromatic N) is 9. The van der Waals surface area contributed by atoms with Crippen molar-refractivity contribution in [1.29, 1.82) is 0 Å². The molecule has 0 unspecified atom stereocenters. The zero-order valence-electron chi connectivity index (χ0n) is 34.3. The first-order valence-corrected chi connectivity index (χ1v) is 21.4. The Morgan fingerprint density at radius 2 is 1.70 bits per heavy atom. The molecule has 7 heterocycles. The van der Waals surface area contributed by atoms with Crippen molar-refractivity contribution in [3.8, 4) is 5.75 Å². The van der Waals surface area contributed by atoms with Gasteiger partial charge in [0.25, 0.3) is 11.8 Å². The Balaban J connectivity index is 0.797. The van der Waals surface area contributed by atoms with Gasteiger partial charge in [-0.25, -0.2) is 9.59 Å². The van der Waals surface area contributed by atoms with Crippen molar-refractivity contribution in [2.75, 3.05) is 68.0 Å². The number of carbonyl (C=O) groups is 2. The molecule has 4 fully saturated rings. The minimum absolute atomic E-state index is 0.117. The van der Waals surface area contributed by atoms with Crippen molar-refractivity contribution < 1.29 is 23.9 Å². The second-order valence-corrected chi connectivity index (χ2v) is 16.5. The fourth-order valence-corrected chi connectivity index (χ4v) is 9.36. The van der Waals surface area contributed by atoms with Crippen LogP contribution in [-0.4, -0.2) is 117 Å². The normalized spacial score (nSPS) is 19.4. The lowest BCUT2D eigenvalue weighted by atomic mass is 9.94. The Kier molecular flexibility index (Phi) is 11.5. The minimum atomic E-state index is -0.580. The number of nitrogens with one attached hydrogen (secondary N) is 3. The molecule has 2 aromatic carbocycles. The molecule has 0 saturated carbocycles. The highest BCUT2D eigenvalue weighted by atomic mass is 16.5. The van der Waals surface area contributed by atoms with E-state index in [0.29, 0.717) is 47.5 Å².